The van der Waals surface area contributed by atoms with E-state index in [0.29, 0.717) is 35.3 Å². The zero-order valence-corrected chi connectivity index (χ0v) is 11.8. The molecule has 21 heavy (non-hydrogen) atoms. The van der Waals surface area contributed by atoms with Crippen LogP contribution in [0.1, 0.15) is 12.8 Å². The molecule has 0 saturated carbocycles. The number of likely N-dealkylation sites (tertiary alicyclic amines) is 1. The standard InChI is InChI=1S/C14H12ClN3O3/c15-9-3-4-10-11(6-9)16-8-17(14(10)21)7-13(20)18-5-1-2-12(18)19/h3-4,6,8H,1-2,5,7H2. The lowest BCUT2D eigenvalue weighted by molar-refractivity contribution is -0.142. The van der Waals surface area contributed by atoms with E-state index < -0.39 is 0 Å². The van der Waals surface area contributed by atoms with Gasteiger partial charge in [0.25, 0.3) is 5.56 Å². The Bertz CT molecular complexity index is 800. The van der Waals surface area contributed by atoms with Crippen molar-refractivity contribution in [2.24, 2.45) is 0 Å². The second kappa shape index (κ2) is 5.29. The van der Waals surface area contributed by atoms with Gasteiger partial charge >= 0.3 is 0 Å². The number of halogens is 1. The number of nitrogens with zero attached hydrogens (tertiary/aromatic N) is 3. The molecule has 0 N–H and O–H groups in total. The van der Waals surface area contributed by atoms with Gasteiger partial charge in [0, 0.05) is 18.0 Å². The summed E-state index contributed by atoms with van der Waals surface area (Å²) in [5.74, 6) is -0.566. The van der Waals surface area contributed by atoms with Gasteiger partial charge in [-0.25, -0.2) is 4.98 Å². The molecular formula is C14H12ClN3O3. The van der Waals surface area contributed by atoms with Crippen LogP contribution in [-0.4, -0.2) is 32.8 Å². The van der Waals surface area contributed by atoms with Crippen molar-refractivity contribution >= 4 is 34.3 Å². The molecule has 0 unspecified atom stereocenters. The monoisotopic (exact) mass is 305 g/mol. The molecule has 2 heterocycles. The minimum Gasteiger partial charge on any atom is -0.289 e. The molecule has 2 aromatic rings. The second-order valence-electron chi connectivity index (χ2n) is 4.88. The summed E-state index contributed by atoms with van der Waals surface area (Å²) in [5, 5.41) is 0.883. The lowest BCUT2D eigenvalue weighted by atomic mass is 10.2. The van der Waals surface area contributed by atoms with Gasteiger partial charge in [-0.15, -0.1) is 0 Å². The highest BCUT2D eigenvalue weighted by atomic mass is 35.5. The van der Waals surface area contributed by atoms with Gasteiger partial charge in [0.1, 0.15) is 6.54 Å². The first kappa shape index (κ1) is 13.8. The summed E-state index contributed by atoms with van der Waals surface area (Å²) in [5.41, 5.74) is 0.158. The Kier molecular flexibility index (Phi) is 3.47. The summed E-state index contributed by atoms with van der Waals surface area (Å²) in [6.07, 6.45) is 2.36. The van der Waals surface area contributed by atoms with Crippen molar-refractivity contribution in [3.63, 3.8) is 0 Å². The van der Waals surface area contributed by atoms with Crippen LogP contribution in [0, 0.1) is 0 Å². The van der Waals surface area contributed by atoms with Crippen molar-refractivity contribution in [1.82, 2.24) is 14.5 Å². The Morgan fingerprint density at radius 1 is 1.33 bits per heavy atom. The van der Waals surface area contributed by atoms with E-state index in [0.717, 1.165) is 0 Å². The van der Waals surface area contributed by atoms with Gasteiger partial charge in [0.15, 0.2) is 0 Å². The fourth-order valence-electron chi connectivity index (χ4n) is 2.39. The van der Waals surface area contributed by atoms with Crippen molar-refractivity contribution < 1.29 is 9.59 Å². The molecule has 1 fully saturated rings. The van der Waals surface area contributed by atoms with Crippen LogP contribution in [-0.2, 0) is 16.1 Å². The molecular weight excluding hydrogens is 294 g/mol. The quantitative estimate of drug-likeness (QED) is 0.836. The maximum absolute atomic E-state index is 12.3. The Balaban J connectivity index is 1.92. The van der Waals surface area contributed by atoms with E-state index in [1.165, 1.54) is 15.8 Å². The summed E-state index contributed by atoms with van der Waals surface area (Å²) in [6, 6.07) is 4.77. The third-order valence-electron chi connectivity index (χ3n) is 3.47. The zero-order valence-electron chi connectivity index (χ0n) is 11.1. The molecule has 0 atom stereocenters. The fourth-order valence-corrected chi connectivity index (χ4v) is 2.55. The lowest BCUT2D eigenvalue weighted by Crippen LogP contribution is -2.37. The van der Waals surface area contributed by atoms with Crippen molar-refractivity contribution in [2.45, 2.75) is 19.4 Å². The largest absolute Gasteiger partial charge is 0.289 e. The minimum atomic E-state index is -0.380. The molecule has 0 bridgehead atoms. The van der Waals surface area contributed by atoms with Crippen LogP contribution in [0.5, 0.6) is 0 Å². The molecule has 1 aromatic heterocycles. The number of carbonyl (C=O) groups is 2. The van der Waals surface area contributed by atoms with E-state index >= 15 is 0 Å². The number of rotatable bonds is 2. The summed E-state index contributed by atoms with van der Waals surface area (Å²) < 4.78 is 1.21. The molecule has 1 aromatic carbocycles. The smallest absolute Gasteiger partial charge is 0.261 e. The van der Waals surface area contributed by atoms with Gasteiger partial charge in [0.05, 0.1) is 17.2 Å². The van der Waals surface area contributed by atoms with Crippen LogP contribution >= 0.6 is 11.6 Å². The van der Waals surface area contributed by atoms with Crippen LogP contribution in [0.4, 0.5) is 0 Å². The molecule has 1 saturated heterocycles. The second-order valence-corrected chi connectivity index (χ2v) is 5.32. The average molecular weight is 306 g/mol. The van der Waals surface area contributed by atoms with E-state index in [-0.39, 0.29) is 23.9 Å². The van der Waals surface area contributed by atoms with Crippen LogP contribution in [0.25, 0.3) is 10.9 Å². The number of imide groups is 1. The number of hydrogen-bond acceptors (Lipinski definition) is 4. The predicted octanol–water partition coefficient (Wildman–Crippen LogP) is 1.20. The summed E-state index contributed by atoms with van der Waals surface area (Å²) in [4.78, 5) is 41.2. The van der Waals surface area contributed by atoms with E-state index in [2.05, 4.69) is 4.98 Å². The lowest BCUT2D eigenvalue weighted by Gasteiger charge is -2.14. The van der Waals surface area contributed by atoms with E-state index in [4.69, 9.17) is 11.6 Å². The number of carbonyl (C=O) groups excluding carboxylic acids is 2. The number of benzene rings is 1. The third kappa shape index (κ3) is 2.54. The maximum Gasteiger partial charge on any atom is 0.261 e. The zero-order chi connectivity index (χ0) is 15.0. The number of amides is 2. The molecule has 3 rings (SSSR count). The molecule has 7 heteroatoms. The van der Waals surface area contributed by atoms with Gasteiger partial charge in [-0.3, -0.25) is 23.9 Å². The van der Waals surface area contributed by atoms with Crippen LogP contribution in [0.3, 0.4) is 0 Å². The molecule has 1 aliphatic heterocycles. The first-order valence-electron chi connectivity index (χ1n) is 6.54. The van der Waals surface area contributed by atoms with Gasteiger partial charge in [-0.05, 0) is 24.6 Å². The van der Waals surface area contributed by atoms with Crippen molar-refractivity contribution in [3.8, 4) is 0 Å². The van der Waals surface area contributed by atoms with Crippen LogP contribution < -0.4 is 5.56 Å². The number of hydrogen-bond donors (Lipinski definition) is 0. The van der Waals surface area contributed by atoms with Gasteiger partial charge in [-0.1, -0.05) is 11.6 Å². The molecule has 6 nitrogen and oxygen atoms in total. The molecule has 2 amide bonds. The molecule has 0 aliphatic carbocycles. The number of fused-ring (bicyclic) bond motifs is 1. The highest BCUT2D eigenvalue weighted by molar-refractivity contribution is 6.31. The highest BCUT2D eigenvalue weighted by Gasteiger charge is 2.26. The van der Waals surface area contributed by atoms with Gasteiger partial charge in [-0.2, -0.15) is 0 Å². The van der Waals surface area contributed by atoms with E-state index in [9.17, 15) is 14.4 Å². The maximum atomic E-state index is 12.3. The normalized spacial score (nSPS) is 14.9. The van der Waals surface area contributed by atoms with E-state index in [1.807, 2.05) is 0 Å². The topological polar surface area (TPSA) is 72.3 Å². The third-order valence-corrected chi connectivity index (χ3v) is 3.70. The summed E-state index contributed by atoms with van der Waals surface area (Å²) in [6.45, 7) is 0.235. The Hall–Kier alpha value is -2.21. The first-order valence-corrected chi connectivity index (χ1v) is 6.92. The van der Waals surface area contributed by atoms with Crippen molar-refractivity contribution in [1.29, 1.82) is 0 Å². The van der Waals surface area contributed by atoms with Gasteiger partial charge < -0.3 is 0 Å². The van der Waals surface area contributed by atoms with Crippen LogP contribution in [0.15, 0.2) is 29.3 Å². The molecule has 108 valence electrons. The van der Waals surface area contributed by atoms with Crippen LogP contribution in [0.2, 0.25) is 5.02 Å². The minimum absolute atomic E-state index is 0.184. The Morgan fingerprint density at radius 3 is 2.86 bits per heavy atom. The molecule has 0 radical (unpaired) electrons. The molecule has 0 spiro atoms. The van der Waals surface area contributed by atoms with Gasteiger partial charge in [0.2, 0.25) is 11.8 Å². The average Bonchev–Trinajstić information content (AvgIpc) is 2.88. The SMILES string of the molecule is O=C1CCCN1C(=O)Cn1cnc2cc(Cl)ccc2c1=O. The fraction of sp³-hybridized carbons (Fsp3) is 0.286. The predicted molar refractivity (Wildman–Crippen MR) is 77.0 cm³/mol. The summed E-state index contributed by atoms with van der Waals surface area (Å²) >= 11 is 5.85. The summed E-state index contributed by atoms with van der Waals surface area (Å²) in [7, 11) is 0. The van der Waals surface area contributed by atoms with Crippen molar-refractivity contribution in [2.75, 3.05) is 6.54 Å². The first-order chi connectivity index (χ1) is 10.1. The van der Waals surface area contributed by atoms with Crippen molar-refractivity contribution in [3.05, 3.63) is 39.9 Å². The molecule has 1 aliphatic rings. The Morgan fingerprint density at radius 2 is 2.14 bits per heavy atom. The number of aromatic nitrogens is 2. The Labute approximate surface area is 124 Å². The van der Waals surface area contributed by atoms with E-state index in [1.54, 1.807) is 18.2 Å². The highest BCUT2D eigenvalue weighted by Crippen LogP contribution is 2.14.